The first-order valence-corrected chi connectivity index (χ1v) is 7.28. The molecule has 0 radical (unpaired) electrons. The third kappa shape index (κ3) is 3.99. The summed E-state index contributed by atoms with van der Waals surface area (Å²) in [6.07, 6.45) is 4.73. The number of carbonyl (C=O) groups excluding carboxylic acids is 1. The molecule has 0 bridgehead atoms. The van der Waals surface area contributed by atoms with E-state index in [0.29, 0.717) is 17.1 Å². The van der Waals surface area contributed by atoms with Crippen molar-refractivity contribution in [3.63, 3.8) is 0 Å². The Hall–Kier alpha value is -3.68. The summed E-state index contributed by atoms with van der Waals surface area (Å²) < 4.78 is 10.4. The molecule has 1 N–H and O–H groups in total. The van der Waals surface area contributed by atoms with E-state index in [0.717, 1.165) is 5.56 Å². The summed E-state index contributed by atoms with van der Waals surface area (Å²) in [7, 11) is 0. The minimum atomic E-state index is -0.458. The Kier molecular flexibility index (Phi) is 4.70. The second-order valence-corrected chi connectivity index (χ2v) is 4.99. The molecule has 0 spiro atoms. The summed E-state index contributed by atoms with van der Waals surface area (Å²) in [5.74, 6) is 0.749. The highest BCUT2D eigenvalue weighted by Crippen LogP contribution is 2.32. The molecule has 0 unspecified atom stereocenters. The number of nitro groups is 1. The Morgan fingerprint density at radius 1 is 1.16 bits per heavy atom. The van der Waals surface area contributed by atoms with Crippen molar-refractivity contribution in [3.8, 4) is 11.5 Å². The van der Waals surface area contributed by atoms with Crippen molar-refractivity contribution in [3.05, 3.63) is 69.8 Å². The molecule has 0 aliphatic carbocycles. The van der Waals surface area contributed by atoms with E-state index < -0.39 is 4.92 Å². The SMILES string of the molecule is O=C(NN=C/C=C/c1ccc([N+](=O)[O-])cc1)c1ccc2c(c1)OCO2. The third-order valence-electron chi connectivity index (χ3n) is 3.35. The Morgan fingerprint density at radius 2 is 1.92 bits per heavy atom. The van der Waals surface area contributed by atoms with Crippen LogP contribution in [0, 0.1) is 10.1 Å². The maximum atomic E-state index is 12.0. The lowest BCUT2D eigenvalue weighted by Gasteiger charge is -2.01. The van der Waals surface area contributed by atoms with Gasteiger partial charge in [0.25, 0.3) is 11.6 Å². The summed E-state index contributed by atoms with van der Waals surface area (Å²) in [4.78, 5) is 22.1. The van der Waals surface area contributed by atoms with Gasteiger partial charge in [-0.15, -0.1) is 0 Å². The Bertz CT molecular complexity index is 859. The van der Waals surface area contributed by atoms with Gasteiger partial charge in [0.2, 0.25) is 6.79 Å². The normalized spacial score (nSPS) is 12.6. The summed E-state index contributed by atoms with van der Waals surface area (Å²) in [6, 6.07) is 10.9. The van der Waals surface area contributed by atoms with Crippen LogP contribution in [0.4, 0.5) is 5.69 Å². The lowest BCUT2D eigenvalue weighted by Crippen LogP contribution is -2.17. The van der Waals surface area contributed by atoms with Crippen molar-refractivity contribution in [2.45, 2.75) is 0 Å². The second kappa shape index (κ2) is 7.26. The average molecular weight is 339 g/mol. The van der Waals surface area contributed by atoms with E-state index in [2.05, 4.69) is 10.5 Å². The van der Waals surface area contributed by atoms with Gasteiger partial charge in [0.1, 0.15) is 0 Å². The van der Waals surface area contributed by atoms with Crippen LogP contribution in [0.5, 0.6) is 11.5 Å². The van der Waals surface area contributed by atoms with Crippen LogP contribution in [0.15, 0.2) is 53.6 Å². The van der Waals surface area contributed by atoms with Crippen molar-refractivity contribution in [1.82, 2.24) is 5.43 Å². The van der Waals surface area contributed by atoms with Gasteiger partial charge in [-0.05, 0) is 42.0 Å². The number of nitrogens with one attached hydrogen (secondary N) is 1. The molecule has 0 saturated carbocycles. The zero-order valence-electron chi connectivity index (χ0n) is 12.9. The summed E-state index contributed by atoms with van der Waals surface area (Å²) >= 11 is 0. The average Bonchev–Trinajstić information content (AvgIpc) is 3.09. The Morgan fingerprint density at radius 3 is 2.68 bits per heavy atom. The van der Waals surface area contributed by atoms with Crippen molar-refractivity contribution in [2.24, 2.45) is 5.10 Å². The molecule has 8 nitrogen and oxygen atoms in total. The molecule has 0 fully saturated rings. The molecule has 3 rings (SSSR count). The van der Waals surface area contributed by atoms with Gasteiger partial charge in [-0.2, -0.15) is 5.10 Å². The zero-order valence-corrected chi connectivity index (χ0v) is 12.9. The van der Waals surface area contributed by atoms with Crippen molar-refractivity contribution in [2.75, 3.05) is 6.79 Å². The minimum Gasteiger partial charge on any atom is -0.454 e. The fourth-order valence-electron chi connectivity index (χ4n) is 2.10. The first kappa shape index (κ1) is 16.2. The number of hydrogen-bond donors (Lipinski definition) is 1. The lowest BCUT2D eigenvalue weighted by molar-refractivity contribution is -0.384. The smallest absolute Gasteiger partial charge is 0.271 e. The lowest BCUT2D eigenvalue weighted by atomic mass is 10.2. The molecule has 1 aliphatic heterocycles. The second-order valence-electron chi connectivity index (χ2n) is 4.99. The van der Waals surface area contributed by atoms with E-state index in [9.17, 15) is 14.9 Å². The number of carbonyl (C=O) groups is 1. The van der Waals surface area contributed by atoms with Crippen LogP contribution in [0.2, 0.25) is 0 Å². The first-order valence-electron chi connectivity index (χ1n) is 7.28. The molecule has 25 heavy (non-hydrogen) atoms. The number of ether oxygens (including phenoxy) is 2. The molecule has 0 saturated heterocycles. The summed E-state index contributed by atoms with van der Waals surface area (Å²) in [6.45, 7) is 0.145. The number of benzene rings is 2. The van der Waals surface area contributed by atoms with E-state index in [1.54, 1.807) is 42.5 Å². The largest absolute Gasteiger partial charge is 0.454 e. The molecule has 1 aliphatic rings. The molecular formula is C17H13N3O5. The van der Waals surface area contributed by atoms with Crippen LogP contribution >= 0.6 is 0 Å². The standard InChI is InChI=1S/C17H13N3O5/c21-17(13-5-8-15-16(10-13)25-11-24-15)19-18-9-1-2-12-3-6-14(7-4-12)20(22)23/h1-10H,11H2,(H,19,21)/b2-1+,18-9?. The highest BCUT2D eigenvalue weighted by atomic mass is 16.7. The molecule has 0 atom stereocenters. The maximum absolute atomic E-state index is 12.0. The van der Waals surface area contributed by atoms with Crippen LogP contribution in [0.25, 0.3) is 6.08 Å². The van der Waals surface area contributed by atoms with Gasteiger partial charge in [0.15, 0.2) is 11.5 Å². The Labute approximate surface area is 142 Å². The van der Waals surface area contributed by atoms with Crippen LogP contribution < -0.4 is 14.9 Å². The zero-order chi connectivity index (χ0) is 17.6. The summed E-state index contributed by atoms with van der Waals surface area (Å²) in [5, 5.41) is 14.4. The molecule has 1 amide bonds. The number of fused-ring (bicyclic) bond motifs is 1. The minimum absolute atomic E-state index is 0.0295. The van der Waals surface area contributed by atoms with Gasteiger partial charge < -0.3 is 9.47 Å². The molecule has 1 heterocycles. The van der Waals surface area contributed by atoms with E-state index in [4.69, 9.17) is 9.47 Å². The van der Waals surface area contributed by atoms with E-state index in [-0.39, 0.29) is 18.4 Å². The third-order valence-corrected chi connectivity index (χ3v) is 3.35. The van der Waals surface area contributed by atoms with Gasteiger partial charge in [0, 0.05) is 23.9 Å². The molecule has 0 aromatic heterocycles. The van der Waals surface area contributed by atoms with E-state index in [1.165, 1.54) is 18.3 Å². The van der Waals surface area contributed by atoms with Crippen molar-refractivity contribution < 1.29 is 19.2 Å². The number of rotatable bonds is 5. The van der Waals surface area contributed by atoms with Gasteiger partial charge in [-0.3, -0.25) is 14.9 Å². The highest BCUT2D eigenvalue weighted by molar-refractivity contribution is 5.95. The highest BCUT2D eigenvalue weighted by Gasteiger charge is 2.15. The maximum Gasteiger partial charge on any atom is 0.271 e. The van der Waals surface area contributed by atoms with E-state index in [1.807, 2.05) is 0 Å². The van der Waals surface area contributed by atoms with Crippen LogP contribution in [0.1, 0.15) is 15.9 Å². The number of nitro benzene ring substituents is 1. The molecule has 2 aromatic rings. The van der Waals surface area contributed by atoms with Crippen LogP contribution in [-0.4, -0.2) is 23.8 Å². The van der Waals surface area contributed by atoms with E-state index >= 15 is 0 Å². The summed E-state index contributed by atoms with van der Waals surface area (Å²) in [5.41, 5.74) is 3.60. The quantitative estimate of drug-likeness (QED) is 0.512. The molecular weight excluding hydrogens is 326 g/mol. The van der Waals surface area contributed by atoms with Crippen LogP contribution in [-0.2, 0) is 0 Å². The molecule has 2 aromatic carbocycles. The topological polar surface area (TPSA) is 103 Å². The predicted molar refractivity (Wildman–Crippen MR) is 90.7 cm³/mol. The number of hydrogen-bond acceptors (Lipinski definition) is 6. The van der Waals surface area contributed by atoms with Crippen molar-refractivity contribution >= 4 is 23.9 Å². The predicted octanol–water partition coefficient (Wildman–Crippen LogP) is 2.75. The molecule has 8 heteroatoms. The van der Waals surface area contributed by atoms with Crippen molar-refractivity contribution in [1.29, 1.82) is 0 Å². The molecule has 126 valence electrons. The monoisotopic (exact) mass is 339 g/mol. The Balaban J connectivity index is 1.54. The van der Waals surface area contributed by atoms with Gasteiger partial charge in [0.05, 0.1) is 4.92 Å². The van der Waals surface area contributed by atoms with Crippen LogP contribution in [0.3, 0.4) is 0 Å². The fraction of sp³-hybridized carbons (Fsp3) is 0.0588. The number of non-ortho nitro benzene ring substituents is 1. The fourth-order valence-corrected chi connectivity index (χ4v) is 2.10. The number of allylic oxidation sites excluding steroid dienone is 1. The number of nitrogens with zero attached hydrogens (tertiary/aromatic N) is 2. The first-order chi connectivity index (χ1) is 12.1. The number of amides is 1. The van der Waals surface area contributed by atoms with Gasteiger partial charge >= 0.3 is 0 Å². The van der Waals surface area contributed by atoms with Gasteiger partial charge in [-0.25, -0.2) is 5.43 Å². The number of hydrazone groups is 1. The van der Waals surface area contributed by atoms with Gasteiger partial charge in [-0.1, -0.05) is 6.08 Å².